The number of ether oxygens (including phenoxy) is 2. The van der Waals surface area contributed by atoms with Crippen LogP contribution < -0.4 is 4.74 Å². The quantitative estimate of drug-likeness (QED) is 0.753. The molecule has 17 heavy (non-hydrogen) atoms. The van der Waals surface area contributed by atoms with Gasteiger partial charge in [0.2, 0.25) is 0 Å². The Balaban J connectivity index is 2.06. The first-order valence-electron chi connectivity index (χ1n) is 5.00. The summed E-state index contributed by atoms with van der Waals surface area (Å²) in [5.41, 5.74) is 0.0748. The van der Waals surface area contributed by atoms with Crippen molar-refractivity contribution in [2.75, 3.05) is 6.61 Å². The number of pyridine rings is 1. The number of esters is 1. The molecule has 0 N–H and O–H groups in total. The summed E-state index contributed by atoms with van der Waals surface area (Å²) >= 11 is 0. The van der Waals surface area contributed by atoms with Gasteiger partial charge in [0.15, 0.2) is 11.4 Å². The van der Waals surface area contributed by atoms with Crippen LogP contribution in [-0.2, 0) is 4.74 Å². The standard InChI is InChI=1S/C11H10N2O4/c1-2-15-10(14)9-7-16-11(13-9)17-8-4-3-5-12-6-8/h3-7H,2H2,1H3. The van der Waals surface area contributed by atoms with E-state index in [4.69, 9.17) is 13.9 Å². The fraction of sp³-hybridized carbons (Fsp3) is 0.182. The second-order valence-corrected chi connectivity index (χ2v) is 3.01. The highest BCUT2D eigenvalue weighted by Gasteiger charge is 2.14. The van der Waals surface area contributed by atoms with Crippen LogP contribution in [0, 0.1) is 0 Å². The van der Waals surface area contributed by atoms with E-state index in [1.54, 1.807) is 25.3 Å². The molecule has 88 valence electrons. The van der Waals surface area contributed by atoms with Gasteiger partial charge >= 0.3 is 12.0 Å². The highest BCUT2D eigenvalue weighted by atomic mass is 16.6. The molecule has 0 saturated carbocycles. The van der Waals surface area contributed by atoms with E-state index in [0.717, 1.165) is 0 Å². The Morgan fingerprint density at radius 1 is 1.53 bits per heavy atom. The lowest BCUT2D eigenvalue weighted by Gasteiger charge is -1.97. The van der Waals surface area contributed by atoms with Crippen molar-refractivity contribution in [3.8, 4) is 11.8 Å². The Hall–Kier alpha value is -2.37. The van der Waals surface area contributed by atoms with Gasteiger partial charge < -0.3 is 13.9 Å². The first-order valence-corrected chi connectivity index (χ1v) is 5.00. The lowest BCUT2D eigenvalue weighted by atomic mass is 10.5. The van der Waals surface area contributed by atoms with Crippen LogP contribution in [0.15, 0.2) is 35.2 Å². The van der Waals surface area contributed by atoms with Crippen LogP contribution in [0.2, 0.25) is 0 Å². The van der Waals surface area contributed by atoms with Crippen molar-refractivity contribution in [2.24, 2.45) is 0 Å². The van der Waals surface area contributed by atoms with Crippen LogP contribution in [0.4, 0.5) is 0 Å². The largest absolute Gasteiger partial charge is 0.461 e. The molecule has 2 aromatic heterocycles. The summed E-state index contributed by atoms with van der Waals surface area (Å²) in [5, 5.41) is 0. The van der Waals surface area contributed by atoms with E-state index in [1.807, 2.05) is 0 Å². The third kappa shape index (κ3) is 2.81. The van der Waals surface area contributed by atoms with Crippen molar-refractivity contribution >= 4 is 5.97 Å². The number of rotatable bonds is 4. The van der Waals surface area contributed by atoms with Crippen molar-refractivity contribution in [1.82, 2.24) is 9.97 Å². The molecule has 0 unspecified atom stereocenters. The molecule has 0 aliphatic rings. The molecule has 0 radical (unpaired) electrons. The Morgan fingerprint density at radius 3 is 3.12 bits per heavy atom. The van der Waals surface area contributed by atoms with E-state index in [2.05, 4.69) is 9.97 Å². The summed E-state index contributed by atoms with van der Waals surface area (Å²) in [6, 6.07) is 3.41. The van der Waals surface area contributed by atoms with Crippen molar-refractivity contribution in [2.45, 2.75) is 6.92 Å². The molecule has 2 heterocycles. The normalized spacial score (nSPS) is 9.94. The number of carbonyl (C=O) groups is 1. The molecule has 2 rings (SSSR count). The zero-order valence-electron chi connectivity index (χ0n) is 9.12. The smallest absolute Gasteiger partial charge is 0.399 e. The van der Waals surface area contributed by atoms with Crippen LogP contribution in [-0.4, -0.2) is 22.5 Å². The van der Waals surface area contributed by atoms with E-state index in [1.165, 1.54) is 12.5 Å². The molecule has 0 fully saturated rings. The predicted octanol–water partition coefficient (Wildman–Crippen LogP) is 2.04. The molecule has 0 aromatic carbocycles. The fourth-order valence-corrected chi connectivity index (χ4v) is 1.11. The lowest BCUT2D eigenvalue weighted by molar-refractivity contribution is 0.0519. The summed E-state index contributed by atoms with van der Waals surface area (Å²) in [4.78, 5) is 19.0. The molecule has 0 amide bonds. The second kappa shape index (κ2) is 5.11. The summed E-state index contributed by atoms with van der Waals surface area (Å²) < 4.78 is 15.0. The average molecular weight is 234 g/mol. The predicted molar refractivity (Wildman–Crippen MR) is 56.8 cm³/mol. The Bertz CT molecular complexity index is 495. The van der Waals surface area contributed by atoms with Crippen molar-refractivity contribution in [3.05, 3.63) is 36.5 Å². The average Bonchev–Trinajstić information content (AvgIpc) is 2.79. The minimum absolute atomic E-state index is 0.0268. The summed E-state index contributed by atoms with van der Waals surface area (Å²) in [5.74, 6) is -0.0676. The topological polar surface area (TPSA) is 74.5 Å². The van der Waals surface area contributed by atoms with Gasteiger partial charge in [0.05, 0.1) is 12.8 Å². The minimum atomic E-state index is -0.544. The van der Waals surface area contributed by atoms with Crippen LogP contribution in [0.25, 0.3) is 0 Å². The van der Waals surface area contributed by atoms with Gasteiger partial charge in [-0.15, -0.1) is 0 Å². The molecule has 0 spiro atoms. The third-order valence-electron chi connectivity index (χ3n) is 1.81. The Morgan fingerprint density at radius 2 is 2.41 bits per heavy atom. The van der Waals surface area contributed by atoms with Crippen LogP contribution >= 0.6 is 0 Å². The molecular weight excluding hydrogens is 224 g/mol. The monoisotopic (exact) mass is 234 g/mol. The molecule has 6 nitrogen and oxygen atoms in total. The third-order valence-corrected chi connectivity index (χ3v) is 1.81. The highest BCUT2D eigenvalue weighted by molar-refractivity contribution is 5.86. The van der Waals surface area contributed by atoms with E-state index in [-0.39, 0.29) is 18.4 Å². The second-order valence-electron chi connectivity index (χ2n) is 3.01. The van der Waals surface area contributed by atoms with E-state index >= 15 is 0 Å². The first-order chi connectivity index (χ1) is 8.29. The zero-order valence-corrected chi connectivity index (χ0v) is 9.12. The van der Waals surface area contributed by atoms with Gasteiger partial charge in [-0.1, -0.05) is 0 Å². The van der Waals surface area contributed by atoms with Gasteiger partial charge in [-0.3, -0.25) is 4.98 Å². The number of carbonyl (C=O) groups excluding carboxylic acids is 1. The van der Waals surface area contributed by atoms with Crippen molar-refractivity contribution in [3.63, 3.8) is 0 Å². The van der Waals surface area contributed by atoms with Gasteiger partial charge in [0.1, 0.15) is 6.26 Å². The summed E-state index contributed by atoms with van der Waals surface area (Å²) in [6.07, 6.45) is 4.28. The maximum absolute atomic E-state index is 11.3. The highest BCUT2D eigenvalue weighted by Crippen LogP contribution is 2.19. The van der Waals surface area contributed by atoms with E-state index in [0.29, 0.717) is 5.75 Å². The molecule has 0 aliphatic carbocycles. The molecular formula is C11H10N2O4. The minimum Gasteiger partial charge on any atom is -0.461 e. The van der Waals surface area contributed by atoms with Crippen LogP contribution in [0.1, 0.15) is 17.4 Å². The van der Waals surface area contributed by atoms with Crippen LogP contribution in [0.5, 0.6) is 11.8 Å². The molecule has 0 atom stereocenters. The number of nitrogens with zero attached hydrogens (tertiary/aromatic N) is 2. The maximum atomic E-state index is 11.3. The Kier molecular flexibility index (Phi) is 3.34. The van der Waals surface area contributed by atoms with Crippen molar-refractivity contribution in [1.29, 1.82) is 0 Å². The van der Waals surface area contributed by atoms with Crippen molar-refractivity contribution < 1.29 is 18.7 Å². The number of aromatic nitrogens is 2. The number of oxazole rings is 1. The molecule has 0 aliphatic heterocycles. The molecule has 0 saturated heterocycles. The first kappa shape index (κ1) is 11.1. The summed E-state index contributed by atoms with van der Waals surface area (Å²) in [6.45, 7) is 2.00. The zero-order chi connectivity index (χ0) is 12.1. The van der Waals surface area contributed by atoms with Crippen LogP contribution in [0.3, 0.4) is 0 Å². The van der Waals surface area contributed by atoms with Gasteiger partial charge in [-0.2, -0.15) is 4.98 Å². The van der Waals surface area contributed by atoms with Gasteiger partial charge in [-0.05, 0) is 19.1 Å². The van der Waals surface area contributed by atoms with E-state index < -0.39 is 5.97 Å². The van der Waals surface area contributed by atoms with Gasteiger partial charge in [0, 0.05) is 6.20 Å². The van der Waals surface area contributed by atoms with Gasteiger partial charge in [0.25, 0.3) is 0 Å². The fourth-order valence-electron chi connectivity index (χ4n) is 1.11. The molecule has 0 bridgehead atoms. The lowest BCUT2D eigenvalue weighted by Crippen LogP contribution is -2.04. The number of hydrogen-bond donors (Lipinski definition) is 0. The SMILES string of the molecule is CCOC(=O)c1coc(Oc2cccnc2)n1. The van der Waals surface area contributed by atoms with Gasteiger partial charge in [-0.25, -0.2) is 4.79 Å². The molecule has 6 heteroatoms. The number of hydrogen-bond acceptors (Lipinski definition) is 6. The maximum Gasteiger partial charge on any atom is 0.399 e. The summed E-state index contributed by atoms with van der Waals surface area (Å²) in [7, 11) is 0. The Labute approximate surface area is 97.2 Å². The molecule has 2 aromatic rings. The van der Waals surface area contributed by atoms with E-state index in [9.17, 15) is 4.79 Å².